The average Bonchev–Trinajstić information content (AvgIpc) is 2.74. The van der Waals surface area contributed by atoms with E-state index < -0.39 is 20.2 Å². The Morgan fingerprint density at radius 1 is 0.636 bits per heavy atom. The van der Waals surface area contributed by atoms with Crippen molar-refractivity contribution in [1.82, 2.24) is 0 Å². The molecular weight excluding hydrogens is 464 g/mol. The van der Waals surface area contributed by atoms with Gasteiger partial charge in [0, 0.05) is 11.1 Å². The van der Waals surface area contributed by atoms with Crippen molar-refractivity contribution >= 4 is 20.2 Å². The van der Waals surface area contributed by atoms with E-state index in [0.717, 1.165) is 38.5 Å². The molecule has 184 valence electrons. The van der Waals surface area contributed by atoms with Gasteiger partial charge >= 0.3 is 0 Å². The normalized spacial score (nSPS) is 12.1. The molecule has 0 amide bonds. The van der Waals surface area contributed by atoms with Crippen molar-refractivity contribution in [2.24, 2.45) is 0 Å². The maximum absolute atomic E-state index is 12.0. The minimum atomic E-state index is -4.47. The van der Waals surface area contributed by atoms with Crippen LogP contribution in [0.4, 0.5) is 0 Å². The summed E-state index contributed by atoms with van der Waals surface area (Å²) >= 11 is 0. The van der Waals surface area contributed by atoms with Gasteiger partial charge in [-0.2, -0.15) is 16.8 Å². The zero-order valence-electron chi connectivity index (χ0n) is 19.3. The van der Waals surface area contributed by atoms with Crippen LogP contribution in [0.3, 0.4) is 0 Å². The summed E-state index contributed by atoms with van der Waals surface area (Å²) in [4.78, 5) is -0.432. The SMILES string of the molecule is CCCCCCc1c(Oc2cccc(S(=O)(=O)O)c2CCCCCC)cccc1S(=O)(=O)O. The van der Waals surface area contributed by atoms with Crippen LogP contribution in [-0.4, -0.2) is 25.9 Å². The van der Waals surface area contributed by atoms with Crippen molar-refractivity contribution in [2.45, 2.75) is 87.8 Å². The Labute approximate surface area is 197 Å². The highest BCUT2D eigenvalue weighted by atomic mass is 32.2. The highest BCUT2D eigenvalue weighted by Crippen LogP contribution is 2.36. The summed E-state index contributed by atoms with van der Waals surface area (Å²) in [6.07, 6.45) is 8.04. The predicted molar refractivity (Wildman–Crippen MR) is 128 cm³/mol. The number of benzene rings is 2. The third-order valence-corrected chi connectivity index (χ3v) is 7.39. The lowest BCUT2D eigenvalue weighted by Gasteiger charge is -2.18. The zero-order valence-corrected chi connectivity index (χ0v) is 20.9. The van der Waals surface area contributed by atoms with Crippen LogP contribution >= 0.6 is 0 Å². The van der Waals surface area contributed by atoms with Gasteiger partial charge in [-0.25, -0.2) is 0 Å². The van der Waals surface area contributed by atoms with Crippen LogP contribution in [0.15, 0.2) is 46.2 Å². The minimum Gasteiger partial charge on any atom is -0.457 e. The van der Waals surface area contributed by atoms with E-state index in [0.29, 0.717) is 36.8 Å². The van der Waals surface area contributed by atoms with Crippen molar-refractivity contribution in [3.63, 3.8) is 0 Å². The fourth-order valence-corrected chi connectivity index (χ4v) is 5.36. The molecule has 7 nitrogen and oxygen atoms in total. The van der Waals surface area contributed by atoms with E-state index >= 15 is 0 Å². The van der Waals surface area contributed by atoms with Gasteiger partial charge in [-0.3, -0.25) is 9.11 Å². The molecule has 0 aromatic heterocycles. The van der Waals surface area contributed by atoms with Crippen LogP contribution in [0.25, 0.3) is 0 Å². The second-order valence-corrected chi connectivity index (χ2v) is 10.9. The Bertz CT molecular complexity index is 1030. The van der Waals surface area contributed by atoms with Crippen molar-refractivity contribution in [3.05, 3.63) is 47.5 Å². The lowest BCUT2D eigenvalue weighted by Crippen LogP contribution is -2.07. The molecule has 2 aromatic carbocycles. The monoisotopic (exact) mass is 498 g/mol. The molecule has 0 radical (unpaired) electrons. The van der Waals surface area contributed by atoms with Gasteiger partial charge in [-0.05, 0) is 49.9 Å². The molecule has 0 fully saturated rings. The first-order valence-corrected chi connectivity index (χ1v) is 14.3. The van der Waals surface area contributed by atoms with Gasteiger partial charge in [-0.15, -0.1) is 0 Å². The summed E-state index contributed by atoms with van der Waals surface area (Å²) in [6, 6.07) is 8.81. The molecule has 2 N–H and O–H groups in total. The van der Waals surface area contributed by atoms with Crippen molar-refractivity contribution < 1.29 is 30.7 Å². The average molecular weight is 499 g/mol. The summed E-state index contributed by atoms with van der Waals surface area (Å²) < 4.78 is 73.5. The van der Waals surface area contributed by atoms with E-state index in [1.54, 1.807) is 12.1 Å². The Morgan fingerprint density at radius 2 is 1.03 bits per heavy atom. The number of hydrogen-bond acceptors (Lipinski definition) is 5. The summed E-state index contributed by atoms with van der Waals surface area (Å²) in [6.45, 7) is 4.15. The molecular formula is C24H34O7S2. The standard InChI is InChI=1S/C24H34O7S2/c1-3-5-7-9-13-19-21(15-11-17-23(19)32(25,26)27)31-22-16-12-18-24(33(28,29)30)20(22)14-10-8-6-4-2/h11-12,15-18H,3-10,13-14H2,1-2H3,(H,25,26,27)(H,28,29,30). The predicted octanol–water partition coefficient (Wildman–Crippen LogP) is 6.22. The molecule has 33 heavy (non-hydrogen) atoms. The lowest BCUT2D eigenvalue weighted by atomic mass is 10.0. The Balaban J connectivity index is 2.50. The minimum absolute atomic E-state index is 0.216. The summed E-state index contributed by atoms with van der Waals surface area (Å²) in [5.74, 6) is 0.479. The van der Waals surface area contributed by atoms with Gasteiger partial charge in [0.05, 0.1) is 0 Å². The number of hydrogen-bond donors (Lipinski definition) is 2. The molecule has 2 rings (SSSR count). The van der Waals surface area contributed by atoms with Crippen molar-refractivity contribution in [1.29, 1.82) is 0 Å². The number of ether oxygens (including phenoxy) is 1. The van der Waals surface area contributed by atoms with E-state index in [-0.39, 0.29) is 21.3 Å². The Hall–Kier alpha value is -1.94. The first-order chi connectivity index (χ1) is 15.6. The van der Waals surface area contributed by atoms with E-state index in [1.807, 2.05) is 0 Å². The van der Waals surface area contributed by atoms with Crippen LogP contribution in [-0.2, 0) is 33.1 Å². The van der Waals surface area contributed by atoms with E-state index in [1.165, 1.54) is 24.3 Å². The third kappa shape index (κ3) is 8.10. The van der Waals surface area contributed by atoms with E-state index in [4.69, 9.17) is 4.74 Å². The van der Waals surface area contributed by atoms with Crippen LogP contribution in [0.1, 0.15) is 76.3 Å². The van der Waals surface area contributed by atoms with Crippen LogP contribution in [0, 0.1) is 0 Å². The highest BCUT2D eigenvalue weighted by Gasteiger charge is 2.23. The van der Waals surface area contributed by atoms with Crippen LogP contribution < -0.4 is 4.74 Å². The molecule has 0 heterocycles. The van der Waals surface area contributed by atoms with Gasteiger partial charge in [0.1, 0.15) is 21.3 Å². The van der Waals surface area contributed by atoms with Gasteiger partial charge < -0.3 is 4.74 Å². The lowest BCUT2D eigenvalue weighted by molar-refractivity contribution is 0.452. The maximum atomic E-state index is 12.0. The van der Waals surface area contributed by atoms with Crippen molar-refractivity contribution in [2.75, 3.05) is 0 Å². The molecule has 0 atom stereocenters. The summed E-state index contributed by atoms with van der Waals surface area (Å²) in [5.41, 5.74) is 0.704. The topological polar surface area (TPSA) is 118 Å². The van der Waals surface area contributed by atoms with Crippen LogP contribution in [0.5, 0.6) is 11.5 Å². The largest absolute Gasteiger partial charge is 0.457 e. The zero-order chi connectivity index (χ0) is 24.5. The van der Waals surface area contributed by atoms with Gasteiger partial charge in [-0.1, -0.05) is 64.5 Å². The molecule has 0 saturated carbocycles. The highest BCUT2D eigenvalue weighted by molar-refractivity contribution is 7.86. The molecule has 0 spiro atoms. The van der Waals surface area contributed by atoms with Gasteiger partial charge in [0.2, 0.25) is 0 Å². The molecule has 2 aromatic rings. The first-order valence-electron chi connectivity index (χ1n) is 11.5. The second-order valence-electron chi connectivity index (χ2n) is 8.14. The number of unbranched alkanes of at least 4 members (excludes halogenated alkanes) is 6. The molecule has 0 unspecified atom stereocenters. The molecule has 0 saturated heterocycles. The summed E-state index contributed by atoms with van der Waals surface area (Å²) in [5, 5.41) is 0. The van der Waals surface area contributed by atoms with Crippen LogP contribution in [0.2, 0.25) is 0 Å². The number of rotatable bonds is 14. The smallest absolute Gasteiger partial charge is 0.294 e. The Kier molecular flexibility index (Phi) is 10.3. The molecule has 0 aliphatic carbocycles. The van der Waals surface area contributed by atoms with Gasteiger partial charge in [0.15, 0.2) is 0 Å². The fraction of sp³-hybridized carbons (Fsp3) is 0.500. The van der Waals surface area contributed by atoms with Gasteiger partial charge in [0.25, 0.3) is 20.2 Å². The molecule has 0 aliphatic rings. The second kappa shape index (κ2) is 12.5. The maximum Gasteiger partial charge on any atom is 0.294 e. The third-order valence-electron chi connectivity index (χ3n) is 5.52. The molecule has 0 bridgehead atoms. The molecule has 9 heteroatoms. The van der Waals surface area contributed by atoms with Crippen molar-refractivity contribution in [3.8, 4) is 11.5 Å². The summed E-state index contributed by atoms with van der Waals surface area (Å²) in [7, 11) is -8.94. The van der Waals surface area contributed by atoms with E-state index in [2.05, 4.69) is 13.8 Å². The first kappa shape index (κ1) is 27.3. The quantitative estimate of drug-likeness (QED) is 0.234. The molecule has 0 aliphatic heterocycles. The fourth-order valence-electron chi connectivity index (χ4n) is 3.83. The Morgan fingerprint density at radius 3 is 1.36 bits per heavy atom. The van der Waals surface area contributed by atoms with E-state index in [9.17, 15) is 25.9 Å².